The van der Waals surface area contributed by atoms with Gasteiger partial charge < -0.3 is 10.4 Å². The summed E-state index contributed by atoms with van der Waals surface area (Å²) in [7, 11) is 0. The fourth-order valence-electron chi connectivity index (χ4n) is 2.01. The van der Waals surface area contributed by atoms with Gasteiger partial charge in [0, 0.05) is 11.9 Å². The molecule has 0 radical (unpaired) electrons. The second kappa shape index (κ2) is 5.79. The molecule has 110 valence electrons. The summed E-state index contributed by atoms with van der Waals surface area (Å²) in [6.07, 6.45) is 4.86. The van der Waals surface area contributed by atoms with Gasteiger partial charge >= 0.3 is 0 Å². The molecular formula is C16H15N5O. The van der Waals surface area contributed by atoms with Crippen molar-refractivity contribution < 1.29 is 5.11 Å². The molecule has 6 nitrogen and oxygen atoms in total. The van der Waals surface area contributed by atoms with Crippen molar-refractivity contribution in [2.45, 2.75) is 5.79 Å². The maximum Gasteiger partial charge on any atom is 0.261 e. The third-order valence-corrected chi connectivity index (χ3v) is 3.17. The summed E-state index contributed by atoms with van der Waals surface area (Å²) in [6, 6.07) is 14.9. The van der Waals surface area contributed by atoms with Crippen molar-refractivity contribution in [1.29, 1.82) is 0 Å². The summed E-state index contributed by atoms with van der Waals surface area (Å²) >= 11 is 0. The standard InChI is InChI=1S/C16H15N5O/c17-16(21-20-15-8-4-5-11-18-15)14(22)10-9-13(19-16)12-6-2-1-3-7-12/h1-11,19,22H,17H2. The number of hydrogen-bond donors (Lipinski definition) is 3. The van der Waals surface area contributed by atoms with Crippen LogP contribution in [0.3, 0.4) is 0 Å². The van der Waals surface area contributed by atoms with E-state index in [-0.39, 0.29) is 5.76 Å². The highest BCUT2D eigenvalue weighted by atomic mass is 16.3. The van der Waals surface area contributed by atoms with E-state index in [1.165, 1.54) is 6.08 Å². The van der Waals surface area contributed by atoms with Crippen molar-refractivity contribution in [2.75, 3.05) is 0 Å². The second-order valence-corrected chi connectivity index (χ2v) is 4.78. The maximum absolute atomic E-state index is 10.0. The molecule has 6 heteroatoms. The maximum atomic E-state index is 10.0. The summed E-state index contributed by atoms with van der Waals surface area (Å²) in [5, 5.41) is 21.0. The normalized spacial score (nSPS) is 21.1. The fourth-order valence-corrected chi connectivity index (χ4v) is 2.01. The van der Waals surface area contributed by atoms with E-state index in [4.69, 9.17) is 5.73 Å². The van der Waals surface area contributed by atoms with E-state index in [1.807, 2.05) is 30.3 Å². The Hall–Kier alpha value is -2.99. The van der Waals surface area contributed by atoms with Gasteiger partial charge in [0.25, 0.3) is 5.79 Å². The summed E-state index contributed by atoms with van der Waals surface area (Å²) in [5.74, 6) is -1.22. The molecule has 0 aliphatic carbocycles. The molecule has 1 unspecified atom stereocenters. The molecule has 1 aromatic carbocycles. The van der Waals surface area contributed by atoms with Crippen LogP contribution in [-0.2, 0) is 0 Å². The van der Waals surface area contributed by atoms with Gasteiger partial charge in [-0.1, -0.05) is 36.4 Å². The molecule has 1 aromatic heterocycles. The molecule has 2 aromatic rings. The van der Waals surface area contributed by atoms with Crippen molar-refractivity contribution in [2.24, 2.45) is 16.0 Å². The van der Waals surface area contributed by atoms with Gasteiger partial charge in [0.15, 0.2) is 11.6 Å². The highest BCUT2D eigenvalue weighted by molar-refractivity contribution is 5.68. The first-order valence-electron chi connectivity index (χ1n) is 6.75. The van der Waals surface area contributed by atoms with Gasteiger partial charge in [-0.25, -0.2) is 4.98 Å². The van der Waals surface area contributed by atoms with Crippen LogP contribution in [0.25, 0.3) is 5.70 Å². The van der Waals surface area contributed by atoms with Crippen molar-refractivity contribution in [3.63, 3.8) is 0 Å². The first kappa shape index (κ1) is 14.0. The molecule has 3 rings (SSSR count). The third kappa shape index (κ3) is 2.87. The molecule has 0 amide bonds. The molecule has 2 heterocycles. The number of aliphatic hydroxyl groups is 1. The lowest BCUT2D eigenvalue weighted by molar-refractivity contribution is 0.272. The van der Waals surface area contributed by atoms with Crippen molar-refractivity contribution >= 4 is 11.5 Å². The summed E-state index contributed by atoms with van der Waals surface area (Å²) in [4.78, 5) is 4.04. The highest BCUT2D eigenvalue weighted by Crippen LogP contribution is 2.24. The van der Waals surface area contributed by atoms with Crippen LogP contribution in [0.5, 0.6) is 0 Å². The van der Waals surface area contributed by atoms with Crippen LogP contribution in [0, 0.1) is 0 Å². The number of benzene rings is 1. The first-order chi connectivity index (χ1) is 10.7. The number of aromatic nitrogens is 1. The SMILES string of the molecule is NC1(N=Nc2ccccn2)NC(c2ccccc2)=CC=C1O. The van der Waals surface area contributed by atoms with Gasteiger partial charge in [-0.2, -0.15) is 0 Å². The van der Waals surface area contributed by atoms with E-state index < -0.39 is 5.79 Å². The topological polar surface area (TPSA) is 95.9 Å². The summed E-state index contributed by atoms with van der Waals surface area (Å²) in [6.45, 7) is 0. The minimum absolute atomic E-state index is 0.119. The molecule has 1 aliphatic heterocycles. The van der Waals surface area contributed by atoms with E-state index in [2.05, 4.69) is 20.5 Å². The van der Waals surface area contributed by atoms with Crippen LogP contribution in [0.1, 0.15) is 5.56 Å². The number of allylic oxidation sites excluding steroid dienone is 2. The molecule has 0 bridgehead atoms. The van der Waals surface area contributed by atoms with Crippen LogP contribution in [0.2, 0.25) is 0 Å². The van der Waals surface area contributed by atoms with E-state index >= 15 is 0 Å². The number of dihydropyridines is 1. The summed E-state index contributed by atoms with van der Waals surface area (Å²) < 4.78 is 0. The Morgan fingerprint density at radius 1 is 1.05 bits per heavy atom. The van der Waals surface area contributed by atoms with Gasteiger partial charge in [0.2, 0.25) is 0 Å². The van der Waals surface area contributed by atoms with Crippen LogP contribution in [0.15, 0.2) is 82.9 Å². The third-order valence-electron chi connectivity index (χ3n) is 3.17. The molecule has 22 heavy (non-hydrogen) atoms. The average Bonchev–Trinajstić information content (AvgIpc) is 2.58. The minimum atomic E-state index is -1.52. The molecule has 0 fully saturated rings. The van der Waals surface area contributed by atoms with Gasteiger partial charge in [0.05, 0.1) is 0 Å². The van der Waals surface area contributed by atoms with E-state index in [1.54, 1.807) is 30.5 Å². The highest BCUT2D eigenvalue weighted by Gasteiger charge is 2.33. The molecule has 1 aliphatic rings. The van der Waals surface area contributed by atoms with Crippen LogP contribution in [-0.4, -0.2) is 15.9 Å². The Morgan fingerprint density at radius 3 is 2.55 bits per heavy atom. The number of rotatable bonds is 3. The van der Waals surface area contributed by atoms with Gasteiger partial charge in [-0.05, 0) is 29.8 Å². The van der Waals surface area contributed by atoms with Crippen LogP contribution >= 0.6 is 0 Å². The number of pyridine rings is 1. The zero-order valence-electron chi connectivity index (χ0n) is 11.7. The molecule has 0 spiro atoms. The van der Waals surface area contributed by atoms with Crippen molar-refractivity contribution in [3.05, 3.63) is 78.2 Å². The predicted octanol–water partition coefficient (Wildman–Crippen LogP) is 2.86. The van der Waals surface area contributed by atoms with E-state index in [0.29, 0.717) is 5.82 Å². The van der Waals surface area contributed by atoms with Crippen molar-refractivity contribution in [3.8, 4) is 0 Å². The van der Waals surface area contributed by atoms with E-state index in [0.717, 1.165) is 11.3 Å². The van der Waals surface area contributed by atoms with Crippen LogP contribution < -0.4 is 11.1 Å². The Morgan fingerprint density at radius 2 is 1.82 bits per heavy atom. The number of nitrogens with one attached hydrogen (secondary N) is 1. The van der Waals surface area contributed by atoms with Gasteiger partial charge in [-0.15, -0.1) is 10.2 Å². The molecule has 0 saturated heterocycles. The fraction of sp³-hybridized carbons (Fsp3) is 0.0625. The Bertz CT molecular complexity index is 740. The predicted molar refractivity (Wildman–Crippen MR) is 83.9 cm³/mol. The number of azo groups is 1. The first-order valence-corrected chi connectivity index (χ1v) is 6.75. The number of nitrogens with two attached hydrogens (primary N) is 1. The number of aliphatic hydroxyl groups excluding tert-OH is 1. The lowest BCUT2D eigenvalue weighted by atomic mass is 10.1. The molecular weight excluding hydrogens is 278 g/mol. The minimum Gasteiger partial charge on any atom is -0.506 e. The summed E-state index contributed by atoms with van der Waals surface area (Å²) in [5.41, 5.74) is 7.81. The quantitative estimate of drug-likeness (QED) is 0.758. The number of hydrogen-bond acceptors (Lipinski definition) is 6. The van der Waals surface area contributed by atoms with Crippen LogP contribution in [0.4, 0.5) is 5.82 Å². The lowest BCUT2D eigenvalue weighted by Crippen LogP contribution is -2.53. The Labute approximate surface area is 127 Å². The van der Waals surface area contributed by atoms with E-state index in [9.17, 15) is 5.11 Å². The zero-order chi connectivity index (χ0) is 15.4. The largest absolute Gasteiger partial charge is 0.506 e. The molecule has 4 N–H and O–H groups in total. The van der Waals surface area contributed by atoms with Gasteiger partial charge in [-0.3, -0.25) is 5.73 Å². The van der Waals surface area contributed by atoms with Gasteiger partial charge in [0.1, 0.15) is 0 Å². The Kier molecular flexibility index (Phi) is 3.67. The second-order valence-electron chi connectivity index (χ2n) is 4.78. The monoisotopic (exact) mass is 293 g/mol. The smallest absolute Gasteiger partial charge is 0.261 e. The average molecular weight is 293 g/mol. The van der Waals surface area contributed by atoms with Crippen molar-refractivity contribution in [1.82, 2.24) is 10.3 Å². The molecule has 0 saturated carbocycles. The zero-order valence-corrected chi connectivity index (χ0v) is 11.7. The number of nitrogens with zero attached hydrogens (tertiary/aromatic N) is 3. The molecule has 1 atom stereocenters. The Balaban J connectivity index is 1.87. The lowest BCUT2D eigenvalue weighted by Gasteiger charge is -2.29.